The number of carbonyl (C=O) groups excluding carboxylic acids is 1. The van der Waals surface area contributed by atoms with Crippen LogP contribution in [-0.2, 0) is 10.0 Å². The summed E-state index contributed by atoms with van der Waals surface area (Å²) in [6.07, 6.45) is 1.06. The van der Waals surface area contributed by atoms with Crippen molar-refractivity contribution in [3.63, 3.8) is 0 Å². The van der Waals surface area contributed by atoms with Crippen LogP contribution in [-0.4, -0.2) is 39.9 Å². The van der Waals surface area contributed by atoms with Crippen molar-refractivity contribution in [1.82, 2.24) is 4.98 Å². The summed E-state index contributed by atoms with van der Waals surface area (Å²) in [7, 11) is -0.355. The third-order valence-corrected chi connectivity index (χ3v) is 5.16. The zero-order valence-electron chi connectivity index (χ0n) is 15.3. The number of nitrogens with zero attached hydrogens (tertiary/aromatic N) is 1. The molecule has 0 fully saturated rings. The van der Waals surface area contributed by atoms with Gasteiger partial charge < -0.3 is 20.1 Å². The number of nitrogens with one attached hydrogen (secondary N) is 3. The zero-order chi connectivity index (χ0) is 20.3. The molecule has 0 unspecified atom stereocenters. The Balaban J connectivity index is 1.74. The number of hydrogen-bond donors (Lipinski definition) is 3. The summed E-state index contributed by atoms with van der Waals surface area (Å²) in [6.45, 7) is 0. The van der Waals surface area contributed by atoms with Crippen LogP contribution in [0.15, 0.2) is 36.4 Å². The first kappa shape index (κ1) is 19.7. The van der Waals surface area contributed by atoms with E-state index in [1.807, 2.05) is 0 Å². The van der Waals surface area contributed by atoms with E-state index < -0.39 is 16.1 Å². The van der Waals surface area contributed by atoms with Gasteiger partial charge in [-0.2, -0.15) is 0 Å². The van der Waals surface area contributed by atoms with E-state index in [1.54, 1.807) is 36.4 Å². The molecule has 0 spiro atoms. The van der Waals surface area contributed by atoms with Gasteiger partial charge in [-0.15, -0.1) is 0 Å². The Bertz CT molecular complexity index is 1110. The van der Waals surface area contributed by atoms with Crippen LogP contribution in [0.4, 0.5) is 21.3 Å². The van der Waals surface area contributed by atoms with E-state index in [-0.39, 0.29) is 5.13 Å². The first-order valence-corrected chi connectivity index (χ1v) is 10.7. The topological polar surface area (TPSA) is 119 Å². The highest BCUT2D eigenvalue weighted by Gasteiger charge is 2.11. The number of aromatic nitrogens is 1. The third-order valence-electron chi connectivity index (χ3n) is 3.53. The molecule has 28 heavy (non-hydrogen) atoms. The van der Waals surface area contributed by atoms with Crippen molar-refractivity contribution in [3.8, 4) is 11.5 Å². The van der Waals surface area contributed by atoms with Gasteiger partial charge in [0.15, 0.2) is 5.13 Å². The molecule has 0 saturated carbocycles. The van der Waals surface area contributed by atoms with E-state index in [2.05, 4.69) is 20.3 Å². The first-order valence-electron chi connectivity index (χ1n) is 7.95. The Morgan fingerprint density at radius 3 is 2.25 bits per heavy atom. The minimum atomic E-state index is -3.40. The normalized spacial score (nSPS) is 11.1. The first-order chi connectivity index (χ1) is 13.3. The fourth-order valence-electron chi connectivity index (χ4n) is 2.38. The Hall–Kier alpha value is -3.05. The van der Waals surface area contributed by atoms with Gasteiger partial charge in [-0.1, -0.05) is 11.3 Å². The Labute approximate surface area is 165 Å². The molecule has 0 radical (unpaired) electrons. The van der Waals surface area contributed by atoms with Crippen LogP contribution in [0, 0.1) is 0 Å². The summed E-state index contributed by atoms with van der Waals surface area (Å²) in [5, 5.41) is 5.70. The SMILES string of the molecule is COc1cc(NC(=O)Nc2ccc3nc(NS(C)(=O)=O)sc3c2)cc(OC)c1. The van der Waals surface area contributed by atoms with Crippen LogP contribution in [0.25, 0.3) is 10.2 Å². The lowest BCUT2D eigenvalue weighted by molar-refractivity contribution is 0.262. The number of anilines is 3. The number of hydrogen-bond acceptors (Lipinski definition) is 7. The fraction of sp³-hybridized carbons (Fsp3) is 0.176. The molecular formula is C17H18N4O5S2. The van der Waals surface area contributed by atoms with Gasteiger partial charge in [-0.05, 0) is 18.2 Å². The molecule has 148 valence electrons. The lowest BCUT2D eigenvalue weighted by atomic mass is 10.2. The van der Waals surface area contributed by atoms with E-state index >= 15 is 0 Å². The van der Waals surface area contributed by atoms with Gasteiger partial charge in [-0.25, -0.2) is 18.2 Å². The summed E-state index contributed by atoms with van der Waals surface area (Å²) in [4.78, 5) is 16.5. The average Bonchev–Trinajstić information content (AvgIpc) is 3.00. The number of thiazole rings is 1. The Morgan fingerprint density at radius 2 is 1.64 bits per heavy atom. The van der Waals surface area contributed by atoms with Crippen molar-refractivity contribution in [2.75, 3.05) is 35.8 Å². The monoisotopic (exact) mass is 422 g/mol. The predicted octanol–water partition coefficient (Wildman–Crippen LogP) is 3.33. The molecule has 0 saturated heterocycles. The maximum absolute atomic E-state index is 12.3. The highest BCUT2D eigenvalue weighted by atomic mass is 32.2. The van der Waals surface area contributed by atoms with Crippen molar-refractivity contribution < 1.29 is 22.7 Å². The number of benzene rings is 2. The minimum Gasteiger partial charge on any atom is -0.497 e. The maximum Gasteiger partial charge on any atom is 0.323 e. The molecule has 3 aromatic rings. The summed E-state index contributed by atoms with van der Waals surface area (Å²) in [5.74, 6) is 1.10. The van der Waals surface area contributed by atoms with Crippen LogP contribution < -0.4 is 24.8 Å². The van der Waals surface area contributed by atoms with Gasteiger partial charge in [0.05, 0.1) is 30.7 Å². The van der Waals surface area contributed by atoms with Crippen molar-refractivity contribution in [1.29, 1.82) is 0 Å². The molecule has 1 heterocycles. The number of carbonyl (C=O) groups is 1. The minimum absolute atomic E-state index is 0.266. The highest BCUT2D eigenvalue weighted by molar-refractivity contribution is 7.92. The van der Waals surface area contributed by atoms with Crippen LogP contribution in [0.1, 0.15) is 0 Å². The number of amides is 2. The summed E-state index contributed by atoms with van der Waals surface area (Å²) in [6, 6.07) is 9.67. The molecule has 3 rings (SSSR count). The Kier molecular flexibility index (Phi) is 5.56. The quantitative estimate of drug-likeness (QED) is 0.561. The molecule has 2 amide bonds. The number of sulfonamides is 1. The molecule has 0 bridgehead atoms. The smallest absolute Gasteiger partial charge is 0.323 e. The molecule has 2 aromatic carbocycles. The third kappa shape index (κ3) is 5.02. The zero-order valence-corrected chi connectivity index (χ0v) is 16.9. The van der Waals surface area contributed by atoms with Crippen LogP contribution in [0.3, 0.4) is 0 Å². The highest BCUT2D eigenvalue weighted by Crippen LogP contribution is 2.29. The van der Waals surface area contributed by atoms with Crippen LogP contribution in [0.5, 0.6) is 11.5 Å². The molecule has 0 atom stereocenters. The largest absolute Gasteiger partial charge is 0.497 e. The predicted molar refractivity (Wildman–Crippen MR) is 110 cm³/mol. The molecule has 9 nitrogen and oxygen atoms in total. The van der Waals surface area contributed by atoms with E-state index in [9.17, 15) is 13.2 Å². The number of ether oxygens (including phenoxy) is 2. The van der Waals surface area contributed by atoms with Gasteiger partial charge in [0.2, 0.25) is 10.0 Å². The van der Waals surface area contributed by atoms with Gasteiger partial charge in [0.25, 0.3) is 0 Å². The van der Waals surface area contributed by atoms with Gasteiger partial charge in [0.1, 0.15) is 11.5 Å². The number of urea groups is 1. The van der Waals surface area contributed by atoms with E-state index in [1.165, 1.54) is 25.6 Å². The molecule has 3 N–H and O–H groups in total. The maximum atomic E-state index is 12.3. The van der Waals surface area contributed by atoms with Crippen molar-refractivity contribution in [3.05, 3.63) is 36.4 Å². The van der Waals surface area contributed by atoms with E-state index in [0.29, 0.717) is 28.4 Å². The van der Waals surface area contributed by atoms with Crippen molar-refractivity contribution in [2.24, 2.45) is 0 Å². The van der Waals surface area contributed by atoms with E-state index in [0.717, 1.165) is 11.0 Å². The van der Waals surface area contributed by atoms with Crippen molar-refractivity contribution >= 4 is 54.1 Å². The number of fused-ring (bicyclic) bond motifs is 1. The standard InChI is InChI=1S/C17H18N4O5S2/c1-25-12-6-11(7-13(9-12)26-2)19-16(22)18-10-4-5-14-15(8-10)27-17(20-14)21-28(3,23)24/h4-9H,1-3H3,(H,20,21)(H2,18,19,22). The van der Waals surface area contributed by atoms with E-state index in [4.69, 9.17) is 9.47 Å². The second kappa shape index (κ2) is 7.90. The molecule has 0 aliphatic carbocycles. The van der Waals surface area contributed by atoms with Gasteiger partial charge >= 0.3 is 6.03 Å². The molecule has 1 aromatic heterocycles. The Morgan fingerprint density at radius 1 is 1.00 bits per heavy atom. The average molecular weight is 422 g/mol. The summed E-state index contributed by atoms with van der Waals surface area (Å²) < 4.78 is 36.1. The van der Waals surface area contributed by atoms with Crippen LogP contribution >= 0.6 is 11.3 Å². The summed E-state index contributed by atoms with van der Waals surface area (Å²) >= 11 is 1.17. The molecule has 11 heteroatoms. The second-order valence-electron chi connectivity index (χ2n) is 5.76. The molecular weight excluding hydrogens is 404 g/mol. The molecule has 0 aliphatic heterocycles. The van der Waals surface area contributed by atoms with Gasteiger partial charge in [-0.3, -0.25) is 4.72 Å². The lowest BCUT2D eigenvalue weighted by Crippen LogP contribution is -2.19. The van der Waals surface area contributed by atoms with Crippen molar-refractivity contribution in [2.45, 2.75) is 0 Å². The lowest BCUT2D eigenvalue weighted by Gasteiger charge is -2.11. The fourth-order valence-corrected chi connectivity index (χ4v) is 4.12. The molecule has 0 aliphatic rings. The number of rotatable bonds is 6. The van der Waals surface area contributed by atoms with Gasteiger partial charge in [0, 0.05) is 29.6 Å². The van der Waals surface area contributed by atoms with Crippen LogP contribution in [0.2, 0.25) is 0 Å². The second-order valence-corrected chi connectivity index (χ2v) is 8.54. The number of methoxy groups -OCH3 is 2. The summed E-state index contributed by atoms with van der Waals surface area (Å²) in [5.41, 5.74) is 1.67.